The Balaban J connectivity index is 1.35. The third-order valence-corrected chi connectivity index (χ3v) is 6.24. The van der Waals surface area contributed by atoms with Crippen LogP contribution in [0, 0.1) is 0 Å². The second kappa shape index (κ2) is 10.8. The molecule has 2 aromatic carbocycles. The minimum absolute atomic E-state index is 0.165. The van der Waals surface area contributed by atoms with Crippen LogP contribution in [-0.4, -0.2) is 59.9 Å². The third kappa shape index (κ3) is 5.63. The molecule has 34 heavy (non-hydrogen) atoms. The molecule has 0 radical (unpaired) electrons. The minimum Gasteiger partial charge on any atom is -0.489 e. The lowest BCUT2D eigenvalue weighted by Crippen LogP contribution is -2.42. The van der Waals surface area contributed by atoms with Crippen molar-refractivity contribution < 1.29 is 23.9 Å². The Bertz CT molecular complexity index is 1050. The average molecular weight is 466 g/mol. The SMILES string of the molecule is CCC(=O)NC(=O)CN1Cc2c(OCc3ccc(CN4CCOC[C@@H]4C)cc3)cccc2C1=O. The van der Waals surface area contributed by atoms with E-state index < -0.39 is 5.91 Å². The van der Waals surface area contributed by atoms with Gasteiger partial charge >= 0.3 is 0 Å². The second-order valence-electron chi connectivity index (χ2n) is 8.77. The number of nitrogens with zero attached hydrogens (tertiary/aromatic N) is 2. The van der Waals surface area contributed by atoms with Crippen LogP contribution in [-0.2, 0) is 34.0 Å². The topological polar surface area (TPSA) is 88.2 Å². The van der Waals surface area contributed by atoms with Crippen molar-refractivity contribution in [2.24, 2.45) is 0 Å². The van der Waals surface area contributed by atoms with E-state index in [1.54, 1.807) is 19.1 Å². The number of hydrogen-bond donors (Lipinski definition) is 1. The monoisotopic (exact) mass is 465 g/mol. The maximum absolute atomic E-state index is 12.7. The van der Waals surface area contributed by atoms with Crippen molar-refractivity contribution in [2.75, 3.05) is 26.3 Å². The third-order valence-electron chi connectivity index (χ3n) is 6.24. The first-order valence-electron chi connectivity index (χ1n) is 11.7. The van der Waals surface area contributed by atoms with Crippen molar-refractivity contribution in [1.29, 1.82) is 0 Å². The first-order chi connectivity index (χ1) is 16.4. The number of carbonyl (C=O) groups is 3. The van der Waals surface area contributed by atoms with Crippen LogP contribution < -0.4 is 10.1 Å². The summed E-state index contributed by atoms with van der Waals surface area (Å²) in [4.78, 5) is 40.1. The summed E-state index contributed by atoms with van der Waals surface area (Å²) in [5.74, 6) is -0.448. The quantitative estimate of drug-likeness (QED) is 0.645. The fraction of sp³-hybridized carbons (Fsp3) is 0.423. The molecule has 0 saturated carbocycles. The van der Waals surface area contributed by atoms with Gasteiger partial charge in [-0.05, 0) is 30.2 Å². The number of imide groups is 1. The second-order valence-corrected chi connectivity index (χ2v) is 8.77. The molecule has 2 aromatic rings. The molecular formula is C26H31N3O5. The predicted octanol–water partition coefficient (Wildman–Crippen LogP) is 2.49. The van der Waals surface area contributed by atoms with Gasteiger partial charge in [-0.25, -0.2) is 0 Å². The number of rotatable bonds is 8. The van der Waals surface area contributed by atoms with Gasteiger partial charge in [0.05, 0.1) is 19.8 Å². The van der Waals surface area contributed by atoms with Gasteiger partial charge in [0.2, 0.25) is 11.8 Å². The molecule has 1 saturated heterocycles. The maximum atomic E-state index is 12.7. The summed E-state index contributed by atoms with van der Waals surface area (Å²) in [5, 5.41) is 2.29. The number of benzene rings is 2. The lowest BCUT2D eigenvalue weighted by Gasteiger charge is -2.33. The molecule has 0 spiro atoms. The normalized spacial score (nSPS) is 18.0. The Kier molecular flexibility index (Phi) is 7.59. The average Bonchev–Trinajstić information content (AvgIpc) is 3.15. The maximum Gasteiger partial charge on any atom is 0.255 e. The van der Waals surface area contributed by atoms with Crippen LogP contribution in [0.1, 0.15) is 47.3 Å². The summed E-state index contributed by atoms with van der Waals surface area (Å²) < 4.78 is 11.6. The van der Waals surface area contributed by atoms with E-state index in [2.05, 4.69) is 41.4 Å². The molecule has 2 aliphatic rings. The van der Waals surface area contributed by atoms with Crippen molar-refractivity contribution in [3.8, 4) is 5.75 Å². The first-order valence-corrected chi connectivity index (χ1v) is 11.7. The molecule has 3 amide bonds. The van der Waals surface area contributed by atoms with Gasteiger partial charge in [-0.2, -0.15) is 0 Å². The van der Waals surface area contributed by atoms with E-state index in [0.29, 0.717) is 24.0 Å². The first kappa shape index (κ1) is 23.9. The number of fused-ring (bicyclic) bond motifs is 1. The van der Waals surface area contributed by atoms with Crippen molar-refractivity contribution in [1.82, 2.24) is 15.1 Å². The van der Waals surface area contributed by atoms with Gasteiger partial charge in [-0.3, -0.25) is 24.6 Å². The molecule has 180 valence electrons. The lowest BCUT2D eigenvalue weighted by atomic mass is 10.1. The molecule has 4 rings (SSSR count). The zero-order valence-electron chi connectivity index (χ0n) is 19.7. The number of carbonyl (C=O) groups excluding carboxylic acids is 3. The summed E-state index contributed by atoms with van der Waals surface area (Å²) in [7, 11) is 0. The van der Waals surface area contributed by atoms with Crippen LogP contribution in [0.25, 0.3) is 0 Å². The van der Waals surface area contributed by atoms with E-state index in [0.717, 1.165) is 37.4 Å². The van der Waals surface area contributed by atoms with Gasteiger partial charge in [0.25, 0.3) is 5.91 Å². The van der Waals surface area contributed by atoms with Gasteiger partial charge < -0.3 is 14.4 Å². The van der Waals surface area contributed by atoms with Crippen LogP contribution in [0.2, 0.25) is 0 Å². The summed E-state index contributed by atoms with van der Waals surface area (Å²) in [6, 6.07) is 14.1. The van der Waals surface area contributed by atoms with Gasteiger partial charge in [0, 0.05) is 36.7 Å². The lowest BCUT2D eigenvalue weighted by molar-refractivity contribution is -0.130. The van der Waals surface area contributed by atoms with E-state index in [4.69, 9.17) is 9.47 Å². The number of morpholine rings is 1. The molecule has 1 N–H and O–H groups in total. The highest BCUT2D eigenvalue weighted by molar-refractivity contribution is 6.02. The molecule has 0 aliphatic carbocycles. The highest BCUT2D eigenvalue weighted by atomic mass is 16.5. The van der Waals surface area contributed by atoms with Crippen molar-refractivity contribution in [2.45, 2.75) is 46.0 Å². The zero-order valence-corrected chi connectivity index (χ0v) is 19.7. The van der Waals surface area contributed by atoms with Crippen LogP contribution in [0.3, 0.4) is 0 Å². The van der Waals surface area contributed by atoms with Crippen LogP contribution in [0.4, 0.5) is 0 Å². The number of ether oxygens (including phenoxy) is 2. The Morgan fingerprint density at radius 1 is 1.12 bits per heavy atom. The molecule has 0 aromatic heterocycles. The molecule has 8 nitrogen and oxygen atoms in total. The smallest absolute Gasteiger partial charge is 0.255 e. The number of hydrogen-bond acceptors (Lipinski definition) is 6. The highest BCUT2D eigenvalue weighted by Crippen LogP contribution is 2.31. The Hall–Kier alpha value is -3.23. The number of amides is 3. The van der Waals surface area contributed by atoms with Gasteiger partial charge in [-0.15, -0.1) is 0 Å². The van der Waals surface area contributed by atoms with Crippen molar-refractivity contribution in [3.63, 3.8) is 0 Å². The molecule has 2 heterocycles. The fourth-order valence-corrected chi connectivity index (χ4v) is 4.21. The minimum atomic E-state index is -0.484. The fourth-order valence-electron chi connectivity index (χ4n) is 4.21. The standard InChI is InChI=1S/C26H31N3O5/c1-3-24(30)27-25(31)15-29-14-22-21(26(29)32)5-4-6-23(22)34-17-20-9-7-19(8-10-20)13-28-11-12-33-16-18(28)2/h4-10,18H,3,11-17H2,1-2H3,(H,27,30,31)/t18-/m0/s1. The molecule has 8 heteroatoms. The van der Waals surface area contributed by atoms with E-state index in [-0.39, 0.29) is 31.3 Å². The summed E-state index contributed by atoms with van der Waals surface area (Å²) in [6.45, 7) is 7.73. The largest absolute Gasteiger partial charge is 0.489 e. The Morgan fingerprint density at radius 3 is 2.62 bits per heavy atom. The molecule has 2 aliphatic heterocycles. The molecule has 0 bridgehead atoms. The van der Waals surface area contributed by atoms with Gasteiger partial charge in [0.15, 0.2) is 0 Å². The molecule has 1 atom stereocenters. The van der Waals surface area contributed by atoms with Crippen molar-refractivity contribution >= 4 is 17.7 Å². The van der Waals surface area contributed by atoms with E-state index in [1.807, 2.05) is 6.07 Å². The van der Waals surface area contributed by atoms with E-state index in [9.17, 15) is 14.4 Å². The number of nitrogens with one attached hydrogen (secondary N) is 1. The van der Waals surface area contributed by atoms with Crippen LogP contribution in [0.15, 0.2) is 42.5 Å². The summed E-state index contributed by atoms with van der Waals surface area (Å²) >= 11 is 0. The van der Waals surface area contributed by atoms with Gasteiger partial charge in [-0.1, -0.05) is 37.3 Å². The van der Waals surface area contributed by atoms with Gasteiger partial charge in [0.1, 0.15) is 18.9 Å². The van der Waals surface area contributed by atoms with Crippen molar-refractivity contribution in [3.05, 3.63) is 64.7 Å². The van der Waals surface area contributed by atoms with Crippen LogP contribution in [0.5, 0.6) is 5.75 Å². The molecule has 1 fully saturated rings. The summed E-state index contributed by atoms with van der Waals surface area (Å²) in [6.07, 6.45) is 0.214. The Morgan fingerprint density at radius 2 is 1.88 bits per heavy atom. The summed E-state index contributed by atoms with van der Waals surface area (Å²) in [5.41, 5.74) is 3.58. The van der Waals surface area contributed by atoms with E-state index >= 15 is 0 Å². The Labute approximate surface area is 199 Å². The predicted molar refractivity (Wildman–Crippen MR) is 126 cm³/mol. The van der Waals surface area contributed by atoms with E-state index in [1.165, 1.54) is 10.5 Å². The molecule has 0 unspecified atom stereocenters. The van der Waals surface area contributed by atoms with Crippen LogP contribution >= 0.6 is 0 Å². The molecular weight excluding hydrogens is 434 g/mol. The zero-order chi connectivity index (χ0) is 24.1. The highest BCUT2D eigenvalue weighted by Gasteiger charge is 2.31.